The van der Waals surface area contributed by atoms with E-state index < -0.39 is 0 Å². The maximum atomic E-state index is 13.6. The Labute approximate surface area is 268 Å². The highest BCUT2D eigenvalue weighted by Crippen LogP contribution is 2.35. The van der Waals surface area contributed by atoms with Crippen molar-refractivity contribution < 1.29 is 9.15 Å². The lowest BCUT2D eigenvalue weighted by Gasteiger charge is -2.12. The molecule has 0 atom stereocenters. The van der Waals surface area contributed by atoms with Crippen LogP contribution >= 0.6 is 71.0 Å². The Morgan fingerprint density at radius 2 is 1.66 bits per heavy atom. The molecule has 6 aromatic rings. The van der Waals surface area contributed by atoms with E-state index >= 15 is 0 Å². The van der Waals surface area contributed by atoms with Gasteiger partial charge < -0.3 is 9.15 Å². The molecule has 2 aromatic heterocycles. The van der Waals surface area contributed by atoms with Gasteiger partial charge in [-0.15, -0.1) is 0 Å². The molecule has 0 bridgehead atoms. The molecule has 2 heterocycles. The molecule has 0 saturated carbocycles. The van der Waals surface area contributed by atoms with Crippen LogP contribution in [0.1, 0.15) is 11.1 Å². The third-order valence-electron chi connectivity index (χ3n) is 6.18. The Morgan fingerprint density at radius 3 is 2.44 bits per heavy atom. The lowest BCUT2D eigenvalue weighted by Crippen LogP contribution is -2.20. The van der Waals surface area contributed by atoms with Gasteiger partial charge >= 0.3 is 0 Å². The number of para-hydroxylation sites is 1. The molecule has 0 spiro atoms. The van der Waals surface area contributed by atoms with Crippen LogP contribution < -0.4 is 10.3 Å². The van der Waals surface area contributed by atoms with Gasteiger partial charge in [-0.2, -0.15) is 9.78 Å². The van der Waals surface area contributed by atoms with E-state index in [-0.39, 0.29) is 18.0 Å². The molecule has 11 heteroatoms. The normalized spacial score (nSPS) is 11.6. The average molecular weight is 777 g/mol. The predicted molar refractivity (Wildman–Crippen MR) is 175 cm³/mol. The molecule has 4 aromatic carbocycles. The quantitative estimate of drug-likeness (QED) is 0.158. The van der Waals surface area contributed by atoms with Crippen molar-refractivity contribution >= 4 is 99.1 Å². The standard InChI is InChI=1S/C30H16Br3Cl2N3O3/c31-19-7-8-26-18(11-19)12-27(41-26)29-37-25-4-2-1-3-21(25)30(39)38(29)36-14-16-9-23(34)28(24(35)10-16)40-15-17-5-6-20(32)13-22(17)33/h1-14H,15H2. The summed E-state index contributed by atoms with van der Waals surface area (Å²) in [6.07, 6.45) is 1.49. The van der Waals surface area contributed by atoms with Gasteiger partial charge in [-0.25, -0.2) is 4.98 Å². The van der Waals surface area contributed by atoms with Crippen LogP contribution in [0.25, 0.3) is 33.5 Å². The van der Waals surface area contributed by atoms with Crippen LogP contribution in [0.4, 0.5) is 0 Å². The zero-order valence-corrected chi connectivity index (χ0v) is 27.0. The second-order valence-electron chi connectivity index (χ2n) is 8.94. The molecule has 0 aliphatic rings. The molecule has 0 unspecified atom stereocenters. The zero-order chi connectivity index (χ0) is 28.7. The summed E-state index contributed by atoms with van der Waals surface area (Å²) in [5.74, 6) is 1.01. The van der Waals surface area contributed by atoms with E-state index in [9.17, 15) is 4.79 Å². The first-order valence-electron chi connectivity index (χ1n) is 12.1. The van der Waals surface area contributed by atoms with E-state index in [1.807, 2.05) is 48.5 Å². The van der Waals surface area contributed by atoms with E-state index in [1.54, 1.807) is 30.3 Å². The Bertz CT molecular complexity index is 2030. The first-order chi connectivity index (χ1) is 19.8. The van der Waals surface area contributed by atoms with Crippen LogP contribution in [-0.2, 0) is 6.61 Å². The summed E-state index contributed by atoms with van der Waals surface area (Å²) >= 11 is 23.6. The zero-order valence-electron chi connectivity index (χ0n) is 20.7. The maximum Gasteiger partial charge on any atom is 0.282 e. The van der Waals surface area contributed by atoms with Gasteiger partial charge in [0.05, 0.1) is 27.2 Å². The number of ether oxygens (including phenoxy) is 1. The summed E-state index contributed by atoms with van der Waals surface area (Å²) in [7, 11) is 0. The number of aromatic nitrogens is 2. The minimum Gasteiger partial charge on any atom is -0.486 e. The smallest absolute Gasteiger partial charge is 0.282 e. The fourth-order valence-electron chi connectivity index (χ4n) is 4.22. The van der Waals surface area contributed by atoms with Gasteiger partial charge in [0, 0.05) is 24.4 Å². The van der Waals surface area contributed by atoms with Gasteiger partial charge in [0.2, 0.25) is 5.82 Å². The molecule has 6 nitrogen and oxygen atoms in total. The van der Waals surface area contributed by atoms with Crippen molar-refractivity contribution in [1.29, 1.82) is 0 Å². The first-order valence-corrected chi connectivity index (χ1v) is 15.2. The lowest BCUT2D eigenvalue weighted by atomic mass is 10.2. The summed E-state index contributed by atoms with van der Waals surface area (Å²) in [4.78, 5) is 18.3. The third kappa shape index (κ3) is 5.87. The van der Waals surface area contributed by atoms with Gasteiger partial charge in [0.1, 0.15) is 12.2 Å². The second kappa shape index (κ2) is 11.7. The molecule has 204 valence electrons. The number of benzene rings is 4. The summed E-state index contributed by atoms with van der Waals surface area (Å²) in [5, 5.41) is 6.38. The number of hydrogen-bond acceptors (Lipinski definition) is 5. The van der Waals surface area contributed by atoms with Crippen molar-refractivity contribution in [2.45, 2.75) is 6.61 Å². The predicted octanol–water partition coefficient (Wildman–Crippen LogP) is 9.87. The van der Waals surface area contributed by atoms with E-state index in [2.05, 4.69) is 52.9 Å². The van der Waals surface area contributed by atoms with E-state index in [1.165, 1.54) is 10.9 Å². The number of furan rings is 1. The second-order valence-corrected chi connectivity index (χ2v) is 12.4. The van der Waals surface area contributed by atoms with E-state index in [4.69, 9.17) is 37.3 Å². The summed E-state index contributed by atoms with van der Waals surface area (Å²) in [6.45, 7) is 0.260. The molecule has 0 aliphatic heterocycles. The molecular weight excluding hydrogens is 761 g/mol. The molecule has 0 fully saturated rings. The van der Waals surface area contributed by atoms with Gasteiger partial charge in [-0.05, 0) is 66.2 Å². The minimum absolute atomic E-state index is 0.259. The maximum absolute atomic E-state index is 13.6. The number of hydrogen-bond donors (Lipinski definition) is 0. The van der Waals surface area contributed by atoms with Gasteiger partial charge in [0.25, 0.3) is 5.56 Å². The fourth-order valence-corrected chi connectivity index (χ4v) is 6.37. The molecule has 41 heavy (non-hydrogen) atoms. The SMILES string of the molecule is O=c1c2ccccc2nc(-c2cc3cc(Br)ccc3o2)n1N=Cc1cc(Cl)c(OCc2ccc(Br)cc2Br)c(Cl)c1. The highest BCUT2D eigenvalue weighted by atomic mass is 79.9. The van der Waals surface area contributed by atoms with Crippen molar-refractivity contribution in [3.63, 3.8) is 0 Å². The number of halogens is 5. The number of fused-ring (bicyclic) bond motifs is 2. The Balaban J connectivity index is 1.37. The number of nitrogens with zero attached hydrogens (tertiary/aromatic N) is 3. The van der Waals surface area contributed by atoms with Crippen LogP contribution in [-0.4, -0.2) is 15.9 Å². The van der Waals surface area contributed by atoms with Gasteiger partial charge in [-0.1, -0.05) is 89.2 Å². The third-order valence-corrected chi connectivity index (χ3v) is 8.47. The summed E-state index contributed by atoms with van der Waals surface area (Å²) in [5.41, 5.74) is 2.34. The molecule has 0 saturated heterocycles. The average Bonchev–Trinajstić information content (AvgIpc) is 3.36. The number of rotatable bonds is 6. The molecule has 0 amide bonds. The summed E-state index contributed by atoms with van der Waals surface area (Å²) in [6, 6.07) is 23.7. The Morgan fingerprint density at radius 1 is 0.927 bits per heavy atom. The molecule has 6 rings (SSSR count). The Kier molecular flexibility index (Phi) is 8.07. The highest BCUT2D eigenvalue weighted by molar-refractivity contribution is 9.11. The van der Waals surface area contributed by atoms with Gasteiger partial charge in [-0.3, -0.25) is 4.79 Å². The van der Waals surface area contributed by atoms with Crippen molar-refractivity contribution in [2.75, 3.05) is 0 Å². The van der Waals surface area contributed by atoms with Crippen molar-refractivity contribution in [2.24, 2.45) is 5.10 Å². The largest absolute Gasteiger partial charge is 0.486 e. The minimum atomic E-state index is -0.347. The van der Waals surface area contributed by atoms with Gasteiger partial charge in [0.15, 0.2) is 11.5 Å². The molecule has 0 aliphatic carbocycles. The lowest BCUT2D eigenvalue weighted by molar-refractivity contribution is 0.306. The van der Waals surface area contributed by atoms with Crippen LogP contribution in [0, 0.1) is 0 Å². The van der Waals surface area contributed by atoms with Crippen molar-refractivity contribution in [3.05, 3.63) is 124 Å². The van der Waals surface area contributed by atoms with Crippen LogP contribution in [0.15, 0.2) is 107 Å². The van der Waals surface area contributed by atoms with Crippen molar-refractivity contribution in [1.82, 2.24) is 9.66 Å². The van der Waals surface area contributed by atoms with Crippen LogP contribution in [0.3, 0.4) is 0 Å². The summed E-state index contributed by atoms with van der Waals surface area (Å²) < 4.78 is 16.0. The van der Waals surface area contributed by atoms with E-state index in [0.29, 0.717) is 43.6 Å². The van der Waals surface area contributed by atoms with Crippen LogP contribution in [0.2, 0.25) is 10.0 Å². The van der Waals surface area contributed by atoms with E-state index in [0.717, 1.165) is 24.4 Å². The van der Waals surface area contributed by atoms with Crippen molar-refractivity contribution in [3.8, 4) is 17.3 Å². The molecular formula is C30H16Br3Cl2N3O3. The fraction of sp³-hybridized carbons (Fsp3) is 0.0333. The monoisotopic (exact) mass is 773 g/mol. The van der Waals surface area contributed by atoms with Crippen LogP contribution in [0.5, 0.6) is 5.75 Å². The first kappa shape index (κ1) is 28.2. The Hall–Kier alpha value is -2.95. The molecule has 0 radical (unpaired) electrons. The molecule has 0 N–H and O–H groups in total. The highest BCUT2D eigenvalue weighted by Gasteiger charge is 2.17. The topological polar surface area (TPSA) is 69.6 Å².